The molecule has 58 heavy (non-hydrogen) atoms. The lowest BCUT2D eigenvalue weighted by Gasteiger charge is -2.24. The average molecular weight is 739 g/mol. The summed E-state index contributed by atoms with van der Waals surface area (Å²) in [7, 11) is 0. The fourth-order valence-electron chi connectivity index (χ4n) is 9.79. The summed E-state index contributed by atoms with van der Waals surface area (Å²) in [5.41, 5.74) is 11.4. The predicted octanol–water partition coefficient (Wildman–Crippen LogP) is 16.6. The van der Waals surface area contributed by atoms with Crippen molar-refractivity contribution in [3.05, 3.63) is 206 Å². The van der Waals surface area contributed by atoms with Crippen molar-refractivity contribution in [2.45, 2.75) is 26.2 Å². The Balaban J connectivity index is 1.22. The monoisotopic (exact) mass is 738 g/mol. The second kappa shape index (κ2) is 13.3. The van der Waals surface area contributed by atoms with Gasteiger partial charge in [0.25, 0.3) is 0 Å². The van der Waals surface area contributed by atoms with E-state index in [4.69, 9.17) is 0 Å². The summed E-state index contributed by atoms with van der Waals surface area (Å²) in [5.74, 6) is 0. The van der Waals surface area contributed by atoms with Gasteiger partial charge in [-0.25, -0.2) is 0 Å². The smallest absolute Gasteiger partial charge is 0.00261 e. The van der Waals surface area contributed by atoms with E-state index in [2.05, 4.69) is 221 Å². The lowest BCUT2D eigenvalue weighted by atomic mass is 9.80. The third-order valence-electron chi connectivity index (χ3n) is 12.3. The molecule has 0 radical (unpaired) electrons. The first-order chi connectivity index (χ1) is 28.4. The van der Waals surface area contributed by atoms with E-state index >= 15 is 0 Å². The third kappa shape index (κ3) is 5.36. The molecule has 0 bridgehead atoms. The van der Waals surface area contributed by atoms with Crippen molar-refractivity contribution >= 4 is 64.6 Å². The van der Waals surface area contributed by atoms with Crippen LogP contribution in [0.3, 0.4) is 0 Å². The molecule has 0 fully saturated rings. The van der Waals surface area contributed by atoms with Crippen molar-refractivity contribution in [2.75, 3.05) is 0 Å². The first kappa shape index (κ1) is 34.2. The number of fused-ring (bicyclic) bond motifs is 7. The zero-order valence-electron chi connectivity index (χ0n) is 33.1. The van der Waals surface area contributed by atoms with Gasteiger partial charge in [0.05, 0.1) is 0 Å². The van der Waals surface area contributed by atoms with Crippen LogP contribution in [0.2, 0.25) is 0 Å². The maximum Gasteiger partial charge on any atom is -0.00261 e. The van der Waals surface area contributed by atoms with E-state index in [1.54, 1.807) is 0 Å². The normalized spacial score (nSPS) is 12.1. The van der Waals surface area contributed by atoms with Crippen LogP contribution < -0.4 is 0 Å². The molecule has 0 spiro atoms. The number of rotatable bonds is 4. The number of benzene rings is 11. The van der Waals surface area contributed by atoms with E-state index < -0.39 is 0 Å². The maximum absolute atomic E-state index is 2.49. The number of hydrogen-bond acceptors (Lipinski definition) is 0. The zero-order valence-corrected chi connectivity index (χ0v) is 33.1. The molecule has 0 aliphatic rings. The van der Waals surface area contributed by atoms with Crippen LogP contribution in [0.4, 0.5) is 0 Å². The lowest BCUT2D eigenvalue weighted by molar-refractivity contribution is 0.596. The molecule has 0 aliphatic heterocycles. The minimum absolute atomic E-state index is 0.0387. The van der Waals surface area contributed by atoms with Gasteiger partial charge in [-0.1, -0.05) is 203 Å². The van der Waals surface area contributed by atoms with Gasteiger partial charge in [0.15, 0.2) is 0 Å². The van der Waals surface area contributed by atoms with Crippen molar-refractivity contribution in [2.24, 2.45) is 0 Å². The Kier molecular flexibility index (Phi) is 7.85. The van der Waals surface area contributed by atoms with Crippen molar-refractivity contribution in [1.29, 1.82) is 0 Å². The number of hydrogen-bond donors (Lipinski definition) is 0. The quantitative estimate of drug-likeness (QED) is 0.125. The van der Waals surface area contributed by atoms with E-state index in [0.717, 1.165) is 0 Å². The van der Waals surface area contributed by atoms with Crippen LogP contribution in [0.1, 0.15) is 26.3 Å². The van der Waals surface area contributed by atoms with Gasteiger partial charge >= 0.3 is 0 Å². The highest BCUT2D eigenvalue weighted by Crippen LogP contribution is 2.48. The second-order valence-corrected chi connectivity index (χ2v) is 16.8. The van der Waals surface area contributed by atoms with Crippen LogP contribution in [-0.4, -0.2) is 0 Å². The largest absolute Gasteiger partial charge is 0.0622 e. The Bertz CT molecular complexity index is 3290. The molecule has 0 heteroatoms. The summed E-state index contributed by atoms with van der Waals surface area (Å²) in [4.78, 5) is 0. The topological polar surface area (TPSA) is 0 Å². The van der Waals surface area contributed by atoms with Crippen LogP contribution >= 0.6 is 0 Å². The molecule has 0 saturated heterocycles. The van der Waals surface area contributed by atoms with Gasteiger partial charge in [-0.05, 0) is 138 Å². The molecule has 0 nitrogen and oxygen atoms in total. The van der Waals surface area contributed by atoms with E-state index in [1.165, 1.54) is 115 Å². The second-order valence-electron chi connectivity index (χ2n) is 16.8. The summed E-state index contributed by atoms with van der Waals surface area (Å²) in [5, 5.41) is 15.3. The van der Waals surface area contributed by atoms with E-state index in [0.29, 0.717) is 0 Å². The Morgan fingerprint density at radius 2 is 0.569 bits per heavy atom. The first-order valence-electron chi connectivity index (χ1n) is 20.4. The standard InChI is InChI=1S/C58H42/c1-58(2,3)53-36-39-30-31-40(56-47-26-14-10-22-43(47)54(37-18-6-4-7-19-37)44-23-11-15-27-48(44)56)34-51(39)52-35-41(32-33-42(52)53)57-49-28-16-12-24-45(49)55(38-20-8-5-9-21-38)46-25-13-17-29-50(46)57/h4-36H,1-3H3. The molecule has 11 aromatic carbocycles. The minimum Gasteiger partial charge on any atom is -0.0622 e. The van der Waals surface area contributed by atoms with Crippen molar-refractivity contribution < 1.29 is 0 Å². The van der Waals surface area contributed by atoms with Gasteiger partial charge in [0, 0.05) is 0 Å². The van der Waals surface area contributed by atoms with Gasteiger partial charge in [0.2, 0.25) is 0 Å². The Morgan fingerprint density at radius 1 is 0.241 bits per heavy atom. The maximum atomic E-state index is 2.49. The molecule has 11 aromatic rings. The zero-order chi connectivity index (χ0) is 39.0. The van der Waals surface area contributed by atoms with Crippen LogP contribution in [-0.2, 0) is 5.41 Å². The fraction of sp³-hybridized carbons (Fsp3) is 0.0690. The Labute approximate surface area is 339 Å². The molecule has 0 unspecified atom stereocenters. The fourth-order valence-corrected chi connectivity index (χ4v) is 9.79. The SMILES string of the molecule is CC(C)(C)c1cc2ccc(-c3c4ccccc4c(-c4ccccc4)c4ccccc34)cc2c2cc(-c3c4ccccc4c(-c4ccccc4)c4ccccc34)ccc12. The molecule has 274 valence electrons. The van der Waals surface area contributed by atoms with Crippen LogP contribution in [0.25, 0.3) is 109 Å². The van der Waals surface area contributed by atoms with Crippen LogP contribution in [0.15, 0.2) is 200 Å². The Hall–Kier alpha value is -7.02. The van der Waals surface area contributed by atoms with Gasteiger partial charge in [-0.2, -0.15) is 0 Å². The van der Waals surface area contributed by atoms with E-state index in [-0.39, 0.29) is 5.41 Å². The summed E-state index contributed by atoms with van der Waals surface area (Å²) < 4.78 is 0. The Morgan fingerprint density at radius 3 is 0.948 bits per heavy atom. The lowest BCUT2D eigenvalue weighted by Crippen LogP contribution is -2.11. The molecule has 0 atom stereocenters. The van der Waals surface area contributed by atoms with Crippen LogP contribution in [0.5, 0.6) is 0 Å². The van der Waals surface area contributed by atoms with Crippen LogP contribution in [0, 0.1) is 0 Å². The van der Waals surface area contributed by atoms with Gasteiger partial charge in [-0.15, -0.1) is 0 Å². The van der Waals surface area contributed by atoms with Crippen molar-refractivity contribution in [1.82, 2.24) is 0 Å². The third-order valence-corrected chi connectivity index (χ3v) is 12.3. The molecular formula is C58H42. The molecule has 0 heterocycles. The van der Waals surface area contributed by atoms with Crippen molar-refractivity contribution in [3.63, 3.8) is 0 Å². The highest BCUT2D eigenvalue weighted by Gasteiger charge is 2.22. The van der Waals surface area contributed by atoms with Gasteiger partial charge in [0.1, 0.15) is 0 Å². The van der Waals surface area contributed by atoms with E-state index in [9.17, 15) is 0 Å². The molecule has 0 saturated carbocycles. The van der Waals surface area contributed by atoms with Gasteiger partial charge in [-0.3, -0.25) is 0 Å². The summed E-state index contributed by atoms with van der Waals surface area (Å²) in [6, 6.07) is 74.5. The van der Waals surface area contributed by atoms with E-state index in [1.807, 2.05) is 0 Å². The molecule has 11 rings (SSSR count). The highest BCUT2D eigenvalue weighted by atomic mass is 14.3. The molecular weight excluding hydrogens is 697 g/mol. The van der Waals surface area contributed by atoms with Crippen molar-refractivity contribution in [3.8, 4) is 44.5 Å². The summed E-state index contributed by atoms with van der Waals surface area (Å²) in [6.45, 7) is 7.02. The highest BCUT2D eigenvalue weighted by molar-refractivity contribution is 6.24. The molecule has 0 amide bonds. The predicted molar refractivity (Wildman–Crippen MR) is 252 cm³/mol. The average Bonchev–Trinajstić information content (AvgIpc) is 3.27. The van der Waals surface area contributed by atoms with Gasteiger partial charge < -0.3 is 0 Å². The summed E-state index contributed by atoms with van der Waals surface area (Å²) in [6.07, 6.45) is 0. The molecule has 0 aliphatic carbocycles. The molecule has 0 aromatic heterocycles. The first-order valence-corrected chi connectivity index (χ1v) is 20.4. The molecule has 0 N–H and O–H groups in total. The summed E-state index contributed by atoms with van der Waals surface area (Å²) >= 11 is 0. The minimum atomic E-state index is -0.0387.